The summed E-state index contributed by atoms with van der Waals surface area (Å²) in [4.78, 5) is 29.1. The standard InChI is InChI=1S/C23H28N4O4/c1-15-11-21(28)25-23-17-12-19(30-2)20(31-3)13-18(17)26(27(15)23)14-22(29)24-10-9-16-7-5-4-6-8-16/h7,11-13H,4-6,8-10,14H2,1-3H3,(H,24,29). The van der Waals surface area contributed by atoms with E-state index in [2.05, 4.69) is 16.4 Å². The van der Waals surface area contributed by atoms with Crippen molar-refractivity contribution in [1.29, 1.82) is 0 Å². The predicted octanol–water partition coefficient (Wildman–Crippen LogP) is 2.98. The van der Waals surface area contributed by atoms with Crippen LogP contribution in [0.5, 0.6) is 11.5 Å². The molecule has 1 aromatic carbocycles. The number of nitrogens with zero attached hydrogens (tertiary/aromatic N) is 3. The molecule has 0 fully saturated rings. The van der Waals surface area contributed by atoms with Gasteiger partial charge in [0, 0.05) is 29.8 Å². The minimum absolute atomic E-state index is 0.0944. The Bertz CT molecular complexity index is 1220. The number of benzene rings is 1. The smallest absolute Gasteiger partial charge is 0.273 e. The van der Waals surface area contributed by atoms with Crippen LogP contribution in [0.3, 0.4) is 0 Å². The molecule has 1 amide bonds. The lowest BCUT2D eigenvalue weighted by Crippen LogP contribution is -2.30. The number of amides is 1. The van der Waals surface area contributed by atoms with Gasteiger partial charge in [-0.25, -0.2) is 4.52 Å². The average molecular weight is 425 g/mol. The van der Waals surface area contributed by atoms with Crippen LogP contribution in [0.1, 0.15) is 37.8 Å². The SMILES string of the molecule is COc1cc2c(cc1OC)n(CC(=O)NCCC1=CCCCC1)n1c(C)cc(=O)nc21. The number of allylic oxidation sites excluding steroid dienone is 1. The van der Waals surface area contributed by atoms with Crippen molar-refractivity contribution in [3.05, 3.63) is 45.9 Å². The summed E-state index contributed by atoms with van der Waals surface area (Å²) >= 11 is 0. The van der Waals surface area contributed by atoms with Crippen LogP contribution in [0.25, 0.3) is 16.6 Å². The average Bonchev–Trinajstić information content (AvgIpc) is 3.06. The van der Waals surface area contributed by atoms with Gasteiger partial charge in [0.15, 0.2) is 17.1 Å². The highest BCUT2D eigenvalue weighted by atomic mass is 16.5. The fraction of sp³-hybridized carbons (Fsp3) is 0.435. The topological polar surface area (TPSA) is 86.9 Å². The van der Waals surface area contributed by atoms with Gasteiger partial charge in [0.2, 0.25) is 5.91 Å². The number of hydrogen-bond donors (Lipinski definition) is 1. The van der Waals surface area contributed by atoms with Gasteiger partial charge in [-0.3, -0.25) is 14.3 Å². The van der Waals surface area contributed by atoms with E-state index in [1.807, 2.05) is 17.7 Å². The second-order valence-corrected chi connectivity index (χ2v) is 7.86. The molecule has 0 unspecified atom stereocenters. The Balaban J connectivity index is 1.68. The molecule has 2 aromatic heterocycles. The summed E-state index contributed by atoms with van der Waals surface area (Å²) < 4.78 is 14.5. The predicted molar refractivity (Wildman–Crippen MR) is 119 cm³/mol. The van der Waals surface area contributed by atoms with E-state index in [1.54, 1.807) is 24.8 Å². The summed E-state index contributed by atoms with van der Waals surface area (Å²) in [5, 5.41) is 3.75. The first-order chi connectivity index (χ1) is 15.0. The number of fused-ring (bicyclic) bond motifs is 3. The van der Waals surface area contributed by atoms with Gasteiger partial charge in [0.05, 0.1) is 19.7 Å². The summed E-state index contributed by atoms with van der Waals surface area (Å²) in [7, 11) is 3.12. The first-order valence-electron chi connectivity index (χ1n) is 10.6. The number of aromatic nitrogens is 3. The van der Waals surface area contributed by atoms with Crippen LogP contribution in [0.2, 0.25) is 0 Å². The third-order valence-corrected chi connectivity index (χ3v) is 5.79. The molecule has 2 heterocycles. The monoisotopic (exact) mass is 424 g/mol. The van der Waals surface area contributed by atoms with Gasteiger partial charge < -0.3 is 14.8 Å². The summed E-state index contributed by atoms with van der Waals surface area (Å²) in [6.45, 7) is 2.54. The Morgan fingerprint density at radius 3 is 2.65 bits per heavy atom. The van der Waals surface area contributed by atoms with Crippen molar-refractivity contribution in [2.75, 3.05) is 20.8 Å². The van der Waals surface area contributed by atoms with Gasteiger partial charge in [-0.2, -0.15) is 4.98 Å². The van der Waals surface area contributed by atoms with Crippen LogP contribution in [-0.2, 0) is 11.3 Å². The van der Waals surface area contributed by atoms with Crippen molar-refractivity contribution in [1.82, 2.24) is 19.5 Å². The van der Waals surface area contributed by atoms with Crippen molar-refractivity contribution < 1.29 is 14.3 Å². The summed E-state index contributed by atoms with van der Waals surface area (Å²) in [5.41, 5.74) is 3.03. The fourth-order valence-corrected chi connectivity index (χ4v) is 4.28. The zero-order valence-corrected chi connectivity index (χ0v) is 18.2. The van der Waals surface area contributed by atoms with Gasteiger partial charge in [-0.1, -0.05) is 11.6 Å². The zero-order chi connectivity index (χ0) is 22.0. The number of hydrogen-bond acceptors (Lipinski definition) is 5. The molecule has 0 spiro atoms. The molecule has 0 saturated carbocycles. The largest absolute Gasteiger partial charge is 0.493 e. The van der Waals surface area contributed by atoms with Crippen molar-refractivity contribution in [2.24, 2.45) is 0 Å². The lowest BCUT2D eigenvalue weighted by Gasteiger charge is -2.14. The maximum absolute atomic E-state index is 12.8. The molecule has 164 valence electrons. The van der Waals surface area contributed by atoms with Crippen LogP contribution in [0.4, 0.5) is 0 Å². The highest BCUT2D eigenvalue weighted by Crippen LogP contribution is 2.34. The highest BCUT2D eigenvalue weighted by molar-refractivity contribution is 5.96. The first kappa shape index (κ1) is 21.0. The van der Waals surface area contributed by atoms with Gasteiger partial charge in [-0.15, -0.1) is 0 Å². The number of aryl methyl sites for hydroxylation is 1. The van der Waals surface area contributed by atoms with Gasteiger partial charge in [0.1, 0.15) is 6.54 Å². The lowest BCUT2D eigenvalue weighted by atomic mass is 9.97. The molecule has 1 aliphatic rings. The van der Waals surface area contributed by atoms with Gasteiger partial charge in [0.25, 0.3) is 5.56 Å². The molecule has 8 heteroatoms. The van der Waals surface area contributed by atoms with Gasteiger partial charge in [-0.05, 0) is 45.1 Å². The molecule has 1 aliphatic carbocycles. The zero-order valence-electron chi connectivity index (χ0n) is 18.2. The number of nitrogens with one attached hydrogen (secondary N) is 1. The second kappa shape index (κ2) is 8.83. The Morgan fingerprint density at radius 2 is 1.94 bits per heavy atom. The molecule has 0 radical (unpaired) electrons. The van der Waals surface area contributed by atoms with Crippen molar-refractivity contribution >= 4 is 22.5 Å². The van der Waals surface area contributed by atoms with Crippen molar-refractivity contribution in [3.8, 4) is 11.5 Å². The number of carbonyl (C=O) groups excluding carboxylic acids is 1. The maximum atomic E-state index is 12.8. The van der Waals surface area contributed by atoms with E-state index in [-0.39, 0.29) is 18.0 Å². The Kier molecular flexibility index (Phi) is 5.97. The fourth-order valence-electron chi connectivity index (χ4n) is 4.28. The van der Waals surface area contributed by atoms with Crippen LogP contribution in [-0.4, -0.2) is 40.9 Å². The van der Waals surface area contributed by atoms with E-state index in [0.29, 0.717) is 29.4 Å². The minimum Gasteiger partial charge on any atom is -0.493 e. The molecule has 1 N–H and O–H groups in total. The lowest BCUT2D eigenvalue weighted by molar-refractivity contribution is -0.121. The molecule has 0 atom stereocenters. The van der Waals surface area contributed by atoms with E-state index in [9.17, 15) is 9.59 Å². The third-order valence-electron chi connectivity index (χ3n) is 5.79. The Morgan fingerprint density at radius 1 is 1.16 bits per heavy atom. The molecule has 0 bridgehead atoms. The maximum Gasteiger partial charge on any atom is 0.273 e. The molecule has 0 aliphatic heterocycles. The van der Waals surface area contributed by atoms with Crippen LogP contribution in [0, 0.1) is 6.92 Å². The van der Waals surface area contributed by atoms with Crippen molar-refractivity contribution in [2.45, 2.75) is 45.6 Å². The second-order valence-electron chi connectivity index (χ2n) is 7.86. The molecular weight excluding hydrogens is 396 g/mol. The number of ether oxygens (including phenoxy) is 2. The third kappa shape index (κ3) is 4.15. The molecule has 4 rings (SSSR count). The summed E-state index contributed by atoms with van der Waals surface area (Å²) in [6.07, 6.45) is 7.94. The Hall–Kier alpha value is -3.29. The molecule has 0 saturated heterocycles. The summed E-state index contributed by atoms with van der Waals surface area (Å²) in [5.74, 6) is 0.989. The van der Waals surface area contributed by atoms with Crippen molar-refractivity contribution in [3.63, 3.8) is 0 Å². The molecule has 3 aromatic rings. The van der Waals surface area contributed by atoms with E-state index in [4.69, 9.17) is 9.47 Å². The van der Waals surface area contributed by atoms with E-state index in [1.165, 1.54) is 24.5 Å². The first-order valence-corrected chi connectivity index (χ1v) is 10.6. The normalized spacial score (nSPS) is 14.0. The van der Waals surface area contributed by atoms with E-state index < -0.39 is 0 Å². The number of rotatable bonds is 7. The minimum atomic E-state index is -0.323. The Labute approximate surface area is 180 Å². The number of carbonyl (C=O) groups is 1. The quantitative estimate of drug-likeness (QED) is 0.589. The van der Waals surface area contributed by atoms with Crippen LogP contribution in [0.15, 0.2) is 34.6 Å². The molecule has 8 nitrogen and oxygen atoms in total. The van der Waals surface area contributed by atoms with E-state index >= 15 is 0 Å². The molecular formula is C23H28N4O4. The number of methoxy groups -OCH3 is 2. The highest BCUT2D eigenvalue weighted by Gasteiger charge is 2.19. The summed E-state index contributed by atoms with van der Waals surface area (Å²) in [6, 6.07) is 5.07. The van der Waals surface area contributed by atoms with E-state index in [0.717, 1.165) is 30.2 Å². The van der Waals surface area contributed by atoms with Crippen LogP contribution < -0.4 is 20.3 Å². The molecule has 31 heavy (non-hydrogen) atoms. The van der Waals surface area contributed by atoms with Crippen LogP contribution >= 0.6 is 0 Å². The van der Waals surface area contributed by atoms with Gasteiger partial charge >= 0.3 is 0 Å².